The van der Waals surface area contributed by atoms with E-state index in [9.17, 15) is 9.59 Å². The minimum absolute atomic E-state index is 0.0167. The van der Waals surface area contributed by atoms with Crippen LogP contribution in [0.25, 0.3) is 21.8 Å². The molecular formula is C20H14N2O2. The largest absolute Gasteiger partial charge is 0.374 e. The number of nitrogens with one attached hydrogen (secondary N) is 2. The number of aromatic amines is 1. The third-order valence-corrected chi connectivity index (χ3v) is 4.80. The molecule has 116 valence electrons. The van der Waals surface area contributed by atoms with Crippen molar-refractivity contribution in [1.82, 2.24) is 4.98 Å². The van der Waals surface area contributed by atoms with E-state index in [1.54, 1.807) is 12.1 Å². The summed E-state index contributed by atoms with van der Waals surface area (Å²) in [6.07, 6.45) is 6.80. The van der Waals surface area contributed by atoms with Crippen molar-refractivity contribution in [2.75, 3.05) is 5.32 Å². The van der Waals surface area contributed by atoms with E-state index in [0.717, 1.165) is 23.2 Å². The number of carbonyl (C=O) groups excluding carboxylic acids is 1. The Morgan fingerprint density at radius 2 is 1.88 bits per heavy atom. The molecule has 4 nitrogen and oxygen atoms in total. The average Bonchev–Trinajstić information content (AvgIpc) is 2.62. The van der Waals surface area contributed by atoms with E-state index in [1.807, 2.05) is 42.5 Å². The van der Waals surface area contributed by atoms with Crippen LogP contribution in [-0.2, 0) is 0 Å². The van der Waals surface area contributed by atoms with Crippen molar-refractivity contribution in [3.8, 4) is 0 Å². The fourth-order valence-electron chi connectivity index (χ4n) is 3.60. The number of benzene rings is 2. The van der Waals surface area contributed by atoms with Gasteiger partial charge in [0.15, 0.2) is 11.2 Å². The smallest absolute Gasteiger partial charge is 0.197 e. The van der Waals surface area contributed by atoms with Gasteiger partial charge in [0.1, 0.15) is 0 Å². The van der Waals surface area contributed by atoms with Crippen molar-refractivity contribution in [1.29, 1.82) is 0 Å². The number of para-hydroxylation sites is 1. The van der Waals surface area contributed by atoms with Crippen LogP contribution in [0, 0.1) is 0 Å². The summed E-state index contributed by atoms with van der Waals surface area (Å²) in [6, 6.07) is 10.9. The molecule has 0 bridgehead atoms. The van der Waals surface area contributed by atoms with Gasteiger partial charge in [-0.1, -0.05) is 30.4 Å². The van der Waals surface area contributed by atoms with Gasteiger partial charge < -0.3 is 10.3 Å². The molecule has 2 aromatic carbocycles. The first-order valence-electron chi connectivity index (χ1n) is 7.99. The number of H-pyrrole nitrogens is 1. The van der Waals surface area contributed by atoms with Gasteiger partial charge in [0.05, 0.1) is 11.6 Å². The second-order valence-electron chi connectivity index (χ2n) is 6.22. The fraction of sp³-hybridized carbons (Fsp3) is 0.100. The molecule has 1 aliphatic heterocycles. The van der Waals surface area contributed by atoms with Gasteiger partial charge in [-0.05, 0) is 30.7 Å². The van der Waals surface area contributed by atoms with Crippen LogP contribution in [0.4, 0.5) is 5.69 Å². The Morgan fingerprint density at radius 3 is 2.79 bits per heavy atom. The number of anilines is 1. The van der Waals surface area contributed by atoms with Crippen LogP contribution in [0.5, 0.6) is 0 Å². The molecule has 2 aliphatic rings. The summed E-state index contributed by atoms with van der Waals surface area (Å²) < 4.78 is 0. The number of hydrogen-bond donors (Lipinski definition) is 2. The van der Waals surface area contributed by atoms with Gasteiger partial charge in [-0.2, -0.15) is 0 Å². The van der Waals surface area contributed by atoms with Gasteiger partial charge in [-0.3, -0.25) is 9.59 Å². The summed E-state index contributed by atoms with van der Waals surface area (Å²) in [5, 5.41) is 4.62. The highest BCUT2D eigenvalue weighted by atomic mass is 16.1. The van der Waals surface area contributed by atoms with Crippen molar-refractivity contribution >= 4 is 33.3 Å². The average molecular weight is 314 g/mol. The maximum absolute atomic E-state index is 12.8. The Labute approximate surface area is 137 Å². The first kappa shape index (κ1) is 13.3. The molecule has 2 N–H and O–H groups in total. The molecule has 1 aliphatic carbocycles. The zero-order chi connectivity index (χ0) is 16.3. The molecule has 4 heteroatoms. The maximum atomic E-state index is 12.8. The summed E-state index contributed by atoms with van der Waals surface area (Å²) in [7, 11) is 0. The lowest BCUT2D eigenvalue weighted by atomic mass is 9.87. The molecule has 0 saturated carbocycles. The number of allylic oxidation sites excluding steroid dienone is 2. The van der Waals surface area contributed by atoms with Crippen LogP contribution >= 0.6 is 0 Å². The van der Waals surface area contributed by atoms with E-state index in [-0.39, 0.29) is 17.3 Å². The second-order valence-corrected chi connectivity index (χ2v) is 6.22. The number of fused-ring (bicyclic) bond motifs is 4. The van der Waals surface area contributed by atoms with Crippen LogP contribution in [-0.4, -0.2) is 16.8 Å². The lowest BCUT2D eigenvalue weighted by molar-refractivity contribution is 0.102. The van der Waals surface area contributed by atoms with Gasteiger partial charge >= 0.3 is 0 Å². The third kappa shape index (κ3) is 1.74. The highest BCUT2D eigenvalue weighted by Gasteiger charge is 2.29. The number of pyridine rings is 1. The predicted octanol–water partition coefficient (Wildman–Crippen LogP) is 3.54. The zero-order valence-electron chi connectivity index (χ0n) is 12.8. The predicted molar refractivity (Wildman–Crippen MR) is 95.7 cm³/mol. The molecule has 0 amide bonds. The molecular weight excluding hydrogens is 300 g/mol. The quantitative estimate of drug-likeness (QED) is 0.493. The molecule has 0 fully saturated rings. The summed E-state index contributed by atoms with van der Waals surface area (Å²) in [5.41, 5.74) is 3.58. The van der Waals surface area contributed by atoms with Crippen molar-refractivity contribution in [3.63, 3.8) is 0 Å². The lowest BCUT2D eigenvalue weighted by Gasteiger charge is -2.28. The summed E-state index contributed by atoms with van der Waals surface area (Å²) >= 11 is 0. The standard InChI is InChI=1S/C20H14N2O2/c23-19-11-5-1-3-7-15(11)21-17-10-14-18(9-13(17)19)22-16-8-4-2-6-12(16)20(14)24/h1,3-10,16,22H,2H2,(H,21,23). The fourth-order valence-corrected chi connectivity index (χ4v) is 3.60. The number of ketones is 1. The Hall–Kier alpha value is -3.14. The summed E-state index contributed by atoms with van der Waals surface area (Å²) in [5.74, 6) is 0.0361. The third-order valence-electron chi connectivity index (χ3n) is 4.80. The molecule has 1 atom stereocenters. The van der Waals surface area contributed by atoms with Crippen molar-refractivity contribution in [2.24, 2.45) is 0 Å². The van der Waals surface area contributed by atoms with Crippen LogP contribution in [0.3, 0.4) is 0 Å². The number of carbonyl (C=O) groups is 1. The van der Waals surface area contributed by atoms with E-state index in [2.05, 4.69) is 10.3 Å². The van der Waals surface area contributed by atoms with Crippen LogP contribution in [0.2, 0.25) is 0 Å². The first-order valence-corrected chi connectivity index (χ1v) is 7.99. The molecule has 0 spiro atoms. The summed E-state index contributed by atoms with van der Waals surface area (Å²) in [4.78, 5) is 28.9. The van der Waals surface area contributed by atoms with Crippen molar-refractivity contribution < 1.29 is 4.79 Å². The Morgan fingerprint density at radius 1 is 1.00 bits per heavy atom. The summed E-state index contributed by atoms with van der Waals surface area (Å²) in [6.45, 7) is 0. The first-order chi connectivity index (χ1) is 11.7. The van der Waals surface area contributed by atoms with Gasteiger partial charge in [0, 0.05) is 33.1 Å². The number of hydrogen-bond acceptors (Lipinski definition) is 3. The van der Waals surface area contributed by atoms with Crippen LogP contribution in [0.15, 0.2) is 65.0 Å². The molecule has 1 aromatic heterocycles. The van der Waals surface area contributed by atoms with Gasteiger partial charge in [0.2, 0.25) is 0 Å². The topological polar surface area (TPSA) is 62.0 Å². The highest BCUT2D eigenvalue weighted by Crippen LogP contribution is 2.33. The minimum Gasteiger partial charge on any atom is -0.374 e. The molecule has 24 heavy (non-hydrogen) atoms. The lowest BCUT2D eigenvalue weighted by Crippen LogP contribution is -2.32. The normalized spacial score (nSPS) is 18.9. The van der Waals surface area contributed by atoms with E-state index in [1.165, 1.54) is 0 Å². The van der Waals surface area contributed by atoms with E-state index in [0.29, 0.717) is 21.9 Å². The monoisotopic (exact) mass is 314 g/mol. The number of rotatable bonds is 0. The zero-order valence-corrected chi connectivity index (χ0v) is 12.8. The van der Waals surface area contributed by atoms with Crippen molar-refractivity contribution in [2.45, 2.75) is 12.5 Å². The van der Waals surface area contributed by atoms with Gasteiger partial charge in [-0.15, -0.1) is 0 Å². The van der Waals surface area contributed by atoms with Gasteiger partial charge in [-0.25, -0.2) is 0 Å². The SMILES string of the molecule is O=C1C2=CCC=CC2Nc2cc3c(=O)c4ccccc4[nH]c3cc21. The molecule has 1 unspecified atom stereocenters. The van der Waals surface area contributed by atoms with Crippen LogP contribution < -0.4 is 10.7 Å². The molecule has 3 aromatic rings. The molecule has 0 saturated heterocycles. The molecule has 5 rings (SSSR count). The minimum atomic E-state index is -0.101. The highest BCUT2D eigenvalue weighted by molar-refractivity contribution is 6.17. The molecule has 0 radical (unpaired) electrons. The maximum Gasteiger partial charge on any atom is 0.197 e. The van der Waals surface area contributed by atoms with Gasteiger partial charge in [0.25, 0.3) is 0 Å². The second kappa shape index (κ2) is 4.68. The Balaban J connectivity index is 1.83. The van der Waals surface area contributed by atoms with Crippen molar-refractivity contribution in [3.05, 3.63) is 76.0 Å². The number of Topliss-reactive ketones (excluding diaryl/α,β-unsaturated/α-hetero) is 1. The Bertz CT molecular complexity index is 1150. The van der Waals surface area contributed by atoms with Crippen LogP contribution in [0.1, 0.15) is 16.8 Å². The Kier molecular flexibility index (Phi) is 2.59. The van der Waals surface area contributed by atoms with E-state index >= 15 is 0 Å². The van der Waals surface area contributed by atoms with E-state index in [4.69, 9.17) is 0 Å². The number of aromatic nitrogens is 1. The molecule has 2 heterocycles. The van der Waals surface area contributed by atoms with E-state index < -0.39 is 0 Å².